The molecule has 0 saturated carbocycles. The molecule has 0 bridgehead atoms. The molecule has 1 aromatic heterocycles. The van der Waals surface area contributed by atoms with Crippen molar-refractivity contribution in [2.24, 2.45) is 0 Å². The molecule has 3 nitrogen and oxygen atoms in total. The van der Waals surface area contributed by atoms with Crippen molar-refractivity contribution in [3.05, 3.63) is 17.1 Å². The number of hydrogen-bond donors (Lipinski definition) is 1. The largest absolute Gasteiger partial charge is 0.378 e. The first-order valence-electron chi connectivity index (χ1n) is 3.67. The van der Waals surface area contributed by atoms with E-state index in [0.717, 1.165) is 19.8 Å². The smallest absolute Gasteiger partial charge is 0.0663 e. The first kappa shape index (κ1) is 7.21. The van der Waals surface area contributed by atoms with Crippen molar-refractivity contribution in [1.29, 1.82) is 0 Å². The maximum absolute atomic E-state index is 5.32. The summed E-state index contributed by atoms with van der Waals surface area (Å²) in [7, 11) is 0. The highest BCUT2D eigenvalue weighted by Crippen LogP contribution is 2.15. The molecule has 11 heavy (non-hydrogen) atoms. The normalized spacial score (nSPS) is 25.3. The molecule has 1 saturated heterocycles. The third-order valence-electron chi connectivity index (χ3n) is 1.78. The van der Waals surface area contributed by atoms with E-state index in [4.69, 9.17) is 4.74 Å². The lowest BCUT2D eigenvalue weighted by Gasteiger charge is -2.22. The van der Waals surface area contributed by atoms with Crippen LogP contribution in [0.5, 0.6) is 0 Å². The van der Waals surface area contributed by atoms with Gasteiger partial charge in [0.1, 0.15) is 0 Å². The zero-order valence-corrected chi connectivity index (χ0v) is 6.93. The Morgan fingerprint density at radius 2 is 2.73 bits per heavy atom. The topological polar surface area (TPSA) is 34.1 Å². The molecule has 0 aromatic carbocycles. The first-order chi connectivity index (χ1) is 5.47. The minimum absolute atomic E-state index is 0.363. The van der Waals surface area contributed by atoms with E-state index in [1.54, 1.807) is 0 Å². The Bertz CT molecular complexity index is 206. The molecule has 0 aliphatic carbocycles. The molecular weight excluding hydrogens is 160 g/mol. The second-order valence-corrected chi connectivity index (χ2v) is 3.20. The van der Waals surface area contributed by atoms with Crippen molar-refractivity contribution in [2.75, 3.05) is 19.8 Å². The van der Waals surface area contributed by atoms with Gasteiger partial charge in [0, 0.05) is 23.7 Å². The van der Waals surface area contributed by atoms with Gasteiger partial charge in [0.2, 0.25) is 0 Å². The summed E-state index contributed by atoms with van der Waals surface area (Å²) in [6.07, 6.45) is 1.90. The van der Waals surface area contributed by atoms with E-state index in [-0.39, 0.29) is 0 Å². The Kier molecular flexibility index (Phi) is 2.16. The average Bonchev–Trinajstić information content (AvgIpc) is 2.58. The maximum Gasteiger partial charge on any atom is 0.0663 e. The number of morpholine rings is 1. The third kappa shape index (κ3) is 1.58. The minimum atomic E-state index is 0.363. The maximum atomic E-state index is 5.32. The van der Waals surface area contributed by atoms with E-state index in [9.17, 15) is 0 Å². The molecule has 60 valence electrons. The molecule has 1 fully saturated rings. The lowest BCUT2D eigenvalue weighted by atomic mass is 10.1. The molecule has 1 unspecified atom stereocenters. The predicted octanol–water partition coefficient (Wildman–Crippen LogP) is 0.804. The van der Waals surface area contributed by atoms with Gasteiger partial charge in [-0.25, -0.2) is 4.37 Å². The van der Waals surface area contributed by atoms with Gasteiger partial charge >= 0.3 is 0 Å². The number of hydrogen-bond acceptors (Lipinski definition) is 4. The first-order valence-corrected chi connectivity index (χ1v) is 4.51. The van der Waals surface area contributed by atoms with E-state index < -0.39 is 0 Å². The fourth-order valence-electron chi connectivity index (χ4n) is 1.16. The zero-order valence-electron chi connectivity index (χ0n) is 6.12. The quantitative estimate of drug-likeness (QED) is 0.677. The Labute approximate surface area is 69.5 Å². The molecule has 0 amide bonds. The van der Waals surface area contributed by atoms with Crippen LogP contribution >= 0.6 is 11.5 Å². The van der Waals surface area contributed by atoms with Crippen LogP contribution in [0.3, 0.4) is 0 Å². The minimum Gasteiger partial charge on any atom is -0.378 e. The summed E-state index contributed by atoms with van der Waals surface area (Å²) in [4.78, 5) is 0. The molecule has 2 heterocycles. The lowest BCUT2D eigenvalue weighted by Crippen LogP contribution is -2.34. The molecule has 1 aliphatic heterocycles. The summed E-state index contributed by atoms with van der Waals surface area (Å²) in [5, 5.41) is 5.43. The fourth-order valence-corrected chi connectivity index (χ4v) is 1.75. The van der Waals surface area contributed by atoms with E-state index in [1.165, 1.54) is 17.1 Å². The Hall–Kier alpha value is -0.450. The molecule has 2 rings (SSSR count). The van der Waals surface area contributed by atoms with Crippen LogP contribution in [0, 0.1) is 0 Å². The fraction of sp³-hybridized carbons (Fsp3) is 0.571. The van der Waals surface area contributed by atoms with Crippen molar-refractivity contribution < 1.29 is 4.74 Å². The van der Waals surface area contributed by atoms with Crippen LogP contribution in [-0.2, 0) is 4.74 Å². The van der Waals surface area contributed by atoms with Gasteiger partial charge in [0.15, 0.2) is 0 Å². The second kappa shape index (κ2) is 3.30. The summed E-state index contributed by atoms with van der Waals surface area (Å²) in [5.41, 5.74) is 1.25. The summed E-state index contributed by atoms with van der Waals surface area (Å²) in [6.45, 7) is 2.55. The van der Waals surface area contributed by atoms with Gasteiger partial charge in [-0.3, -0.25) is 0 Å². The van der Waals surface area contributed by atoms with Gasteiger partial charge in [0.25, 0.3) is 0 Å². The molecule has 1 aliphatic rings. The standard InChI is InChI=1S/C7H10N2OS/c1-2-10-4-7(8-1)6-3-9-11-5-6/h3,5,7-8H,1-2,4H2. The molecule has 4 heteroatoms. The van der Waals surface area contributed by atoms with Crippen LogP contribution in [0.1, 0.15) is 11.6 Å². The second-order valence-electron chi connectivity index (χ2n) is 2.54. The summed E-state index contributed by atoms with van der Waals surface area (Å²) < 4.78 is 9.36. The van der Waals surface area contributed by atoms with Crippen molar-refractivity contribution >= 4 is 11.5 Å². The SMILES string of the molecule is c1nscc1C1COCCN1. The van der Waals surface area contributed by atoms with Gasteiger partial charge < -0.3 is 10.1 Å². The average molecular weight is 170 g/mol. The highest BCUT2D eigenvalue weighted by atomic mass is 32.1. The van der Waals surface area contributed by atoms with Crippen molar-refractivity contribution in [3.8, 4) is 0 Å². The molecule has 0 spiro atoms. The Morgan fingerprint density at radius 1 is 1.73 bits per heavy atom. The van der Waals surface area contributed by atoms with Gasteiger partial charge in [-0.05, 0) is 11.5 Å². The molecule has 1 aromatic rings. The highest BCUT2D eigenvalue weighted by Gasteiger charge is 2.15. The van der Waals surface area contributed by atoms with Gasteiger partial charge in [-0.15, -0.1) is 0 Å². The molecule has 1 N–H and O–H groups in total. The van der Waals surface area contributed by atoms with Crippen LogP contribution in [-0.4, -0.2) is 24.1 Å². The number of ether oxygens (including phenoxy) is 1. The molecular formula is C7H10N2OS. The van der Waals surface area contributed by atoms with Crippen LogP contribution in [0.15, 0.2) is 11.6 Å². The van der Waals surface area contributed by atoms with Crippen molar-refractivity contribution in [3.63, 3.8) is 0 Å². The number of aromatic nitrogens is 1. The van der Waals surface area contributed by atoms with E-state index >= 15 is 0 Å². The van der Waals surface area contributed by atoms with Crippen LogP contribution < -0.4 is 5.32 Å². The third-order valence-corrected chi connectivity index (χ3v) is 2.38. The van der Waals surface area contributed by atoms with E-state index in [0.29, 0.717) is 6.04 Å². The van der Waals surface area contributed by atoms with Gasteiger partial charge in [0.05, 0.1) is 19.3 Å². The van der Waals surface area contributed by atoms with Crippen molar-refractivity contribution in [2.45, 2.75) is 6.04 Å². The summed E-state index contributed by atoms with van der Waals surface area (Å²) in [5.74, 6) is 0. The lowest BCUT2D eigenvalue weighted by molar-refractivity contribution is 0.0769. The van der Waals surface area contributed by atoms with Crippen LogP contribution in [0.25, 0.3) is 0 Å². The molecule has 0 radical (unpaired) electrons. The number of nitrogens with one attached hydrogen (secondary N) is 1. The van der Waals surface area contributed by atoms with Gasteiger partial charge in [-0.1, -0.05) is 0 Å². The van der Waals surface area contributed by atoms with Crippen LogP contribution in [0.2, 0.25) is 0 Å². The zero-order chi connectivity index (χ0) is 7.52. The Balaban J connectivity index is 2.04. The number of rotatable bonds is 1. The Morgan fingerprint density at radius 3 is 3.36 bits per heavy atom. The van der Waals surface area contributed by atoms with Gasteiger partial charge in [-0.2, -0.15) is 0 Å². The summed E-state index contributed by atoms with van der Waals surface area (Å²) >= 11 is 1.49. The highest BCUT2D eigenvalue weighted by molar-refractivity contribution is 7.03. The van der Waals surface area contributed by atoms with Crippen molar-refractivity contribution in [1.82, 2.24) is 9.69 Å². The molecule has 1 atom stereocenters. The number of nitrogens with zero attached hydrogens (tertiary/aromatic N) is 1. The summed E-state index contributed by atoms with van der Waals surface area (Å²) in [6, 6.07) is 0.363. The van der Waals surface area contributed by atoms with Crippen LogP contribution in [0.4, 0.5) is 0 Å². The monoisotopic (exact) mass is 170 g/mol. The van der Waals surface area contributed by atoms with E-state index in [2.05, 4.69) is 15.1 Å². The predicted molar refractivity (Wildman–Crippen MR) is 43.7 cm³/mol. The van der Waals surface area contributed by atoms with E-state index in [1.807, 2.05) is 6.20 Å².